The van der Waals surface area contributed by atoms with E-state index in [9.17, 15) is 9.59 Å². The Balaban J connectivity index is 2.49. The van der Waals surface area contributed by atoms with Gasteiger partial charge >= 0.3 is 5.97 Å². The number of esters is 1. The third-order valence-electron chi connectivity index (χ3n) is 2.60. The van der Waals surface area contributed by atoms with Gasteiger partial charge in [0.15, 0.2) is 5.78 Å². The lowest BCUT2D eigenvalue weighted by atomic mass is 10.00. The Morgan fingerprint density at radius 3 is 3.00 bits per heavy atom. The monoisotopic (exact) mass is 238 g/mol. The summed E-state index contributed by atoms with van der Waals surface area (Å²) in [5.74, 6) is -0.165. The molecule has 3 unspecified atom stereocenters. The molecule has 1 aliphatic rings. The van der Waals surface area contributed by atoms with Gasteiger partial charge in [-0.05, 0) is 30.9 Å². The second-order valence-corrected chi connectivity index (χ2v) is 4.15. The lowest BCUT2D eigenvalue weighted by molar-refractivity contribution is -0.180. The Hall–Kier alpha value is -1.42. The van der Waals surface area contributed by atoms with Crippen LogP contribution >= 0.6 is 0 Å². The molecule has 0 saturated heterocycles. The number of allylic oxidation sites excluding steroid dienone is 1. The van der Waals surface area contributed by atoms with Gasteiger partial charge in [-0.1, -0.05) is 13.0 Å². The third kappa shape index (κ3) is 4.53. The van der Waals surface area contributed by atoms with Crippen LogP contribution in [0.5, 0.6) is 0 Å². The van der Waals surface area contributed by atoms with Crippen molar-refractivity contribution >= 4 is 11.8 Å². The summed E-state index contributed by atoms with van der Waals surface area (Å²) in [6.45, 7) is 7.02. The predicted molar refractivity (Wildman–Crippen MR) is 63.2 cm³/mol. The fraction of sp³-hybridized carbons (Fsp3) is 0.538. The topological polar surface area (TPSA) is 52.6 Å². The predicted octanol–water partition coefficient (Wildman–Crippen LogP) is 2.00. The first-order valence-corrected chi connectivity index (χ1v) is 5.70. The second-order valence-electron chi connectivity index (χ2n) is 4.15. The number of carbonyl (C=O) groups is 2. The number of hydrogen-bond donors (Lipinski definition) is 0. The summed E-state index contributed by atoms with van der Waals surface area (Å²) >= 11 is 0. The van der Waals surface area contributed by atoms with Gasteiger partial charge in [-0.15, -0.1) is 6.58 Å². The summed E-state index contributed by atoms with van der Waals surface area (Å²) < 4.78 is 10.3. The SMILES string of the molecule is C=CC(C)CCC1OC(OC(C)=O)C=CC1=O. The Kier molecular flexibility index (Phi) is 5.10. The molecule has 0 saturated carbocycles. The number of rotatable bonds is 5. The summed E-state index contributed by atoms with van der Waals surface area (Å²) in [7, 11) is 0. The van der Waals surface area contributed by atoms with E-state index in [-0.39, 0.29) is 5.78 Å². The highest BCUT2D eigenvalue weighted by atomic mass is 16.7. The molecule has 17 heavy (non-hydrogen) atoms. The van der Waals surface area contributed by atoms with Gasteiger partial charge in [0.05, 0.1) is 0 Å². The van der Waals surface area contributed by atoms with Crippen molar-refractivity contribution in [2.24, 2.45) is 5.92 Å². The molecule has 0 spiro atoms. The molecule has 1 rings (SSSR count). The average Bonchev–Trinajstić information content (AvgIpc) is 2.28. The molecule has 4 nitrogen and oxygen atoms in total. The molecule has 3 atom stereocenters. The highest BCUT2D eigenvalue weighted by Crippen LogP contribution is 2.18. The number of carbonyl (C=O) groups excluding carboxylic acids is 2. The standard InChI is InChI=1S/C13H18O4/c1-4-9(2)5-7-12-11(15)6-8-13(17-12)16-10(3)14/h4,6,8-9,12-13H,1,5,7H2,2-3H3. The van der Waals surface area contributed by atoms with E-state index < -0.39 is 18.4 Å². The smallest absolute Gasteiger partial charge is 0.305 e. The largest absolute Gasteiger partial charge is 0.432 e. The molecule has 0 aliphatic carbocycles. The number of hydrogen-bond acceptors (Lipinski definition) is 4. The van der Waals surface area contributed by atoms with Crippen LogP contribution < -0.4 is 0 Å². The van der Waals surface area contributed by atoms with Crippen molar-refractivity contribution in [1.29, 1.82) is 0 Å². The molecule has 0 amide bonds. The molecular formula is C13H18O4. The Morgan fingerprint density at radius 1 is 1.71 bits per heavy atom. The van der Waals surface area contributed by atoms with Crippen molar-refractivity contribution in [1.82, 2.24) is 0 Å². The minimum absolute atomic E-state index is 0.0790. The van der Waals surface area contributed by atoms with Crippen molar-refractivity contribution in [3.8, 4) is 0 Å². The van der Waals surface area contributed by atoms with Gasteiger partial charge < -0.3 is 9.47 Å². The molecule has 94 valence electrons. The Morgan fingerprint density at radius 2 is 2.41 bits per heavy atom. The summed E-state index contributed by atoms with van der Waals surface area (Å²) in [5, 5.41) is 0. The Bertz CT molecular complexity index is 332. The first-order chi connectivity index (χ1) is 8.02. The normalized spacial score (nSPS) is 25.4. The van der Waals surface area contributed by atoms with Gasteiger partial charge in [0.2, 0.25) is 6.29 Å². The van der Waals surface area contributed by atoms with E-state index in [0.717, 1.165) is 6.42 Å². The molecule has 1 aliphatic heterocycles. The van der Waals surface area contributed by atoms with E-state index in [4.69, 9.17) is 9.47 Å². The van der Waals surface area contributed by atoms with Gasteiger partial charge in [-0.2, -0.15) is 0 Å². The first-order valence-electron chi connectivity index (χ1n) is 5.70. The zero-order valence-corrected chi connectivity index (χ0v) is 10.2. The van der Waals surface area contributed by atoms with Gasteiger partial charge in [0, 0.05) is 6.92 Å². The molecule has 0 aromatic carbocycles. The van der Waals surface area contributed by atoms with Crippen LogP contribution in [0.1, 0.15) is 26.7 Å². The van der Waals surface area contributed by atoms with Crippen LogP contribution in [0.25, 0.3) is 0 Å². The first kappa shape index (κ1) is 13.6. The van der Waals surface area contributed by atoms with Crippen molar-refractivity contribution in [3.63, 3.8) is 0 Å². The van der Waals surface area contributed by atoms with Gasteiger partial charge in [-0.3, -0.25) is 9.59 Å². The van der Waals surface area contributed by atoms with Crippen molar-refractivity contribution < 1.29 is 19.1 Å². The molecular weight excluding hydrogens is 220 g/mol. The van der Waals surface area contributed by atoms with E-state index in [1.165, 1.54) is 19.1 Å². The van der Waals surface area contributed by atoms with Crippen molar-refractivity contribution in [3.05, 3.63) is 24.8 Å². The molecule has 4 heteroatoms. The summed E-state index contributed by atoms with van der Waals surface area (Å²) in [6.07, 6.45) is 4.87. The number of ketones is 1. The van der Waals surface area contributed by atoms with Crippen LogP contribution in [0.15, 0.2) is 24.8 Å². The van der Waals surface area contributed by atoms with Crippen LogP contribution in [0.2, 0.25) is 0 Å². The minimum atomic E-state index is -0.741. The number of ether oxygens (including phenoxy) is 2. The van der Waals surface area contributed by atoms with Crippen LogP contribution in [-0.4, -0.2) is 24.1 Å². The van der Waals surface area contributed by atoms with Gasteiger partial charge in [0.25, 0.3) is 0 Å². The molecule has 0 aromatic rings. The quantitative estimate of drug-likeness (QED) is 0.543. The fourth-order valence-corrected chi connectivity index (χ4v) is 1.53. The lowest BCUT2D eigenvalue weighted by Gasteiger charge is -2.24. The van der Waals surface area contributed by atoms with E-state index in [1.54, 1.807) is 0 Å². The Labute approximate surface area is 101 Å². The molecule has 0 N–H and O–H groups in total. The zero-order chi connectivity index (χ0) is 12.8. The third-order valence-corrected chi connectivity index (χ3v) is 2.60. The van der Waals surface area contributed by atoms with Gasteiger partial charge in [0.1, 0.15) is 6.10 Å². The molecule has 0 radical (unpaired) electrons. The highest BCUT2D eigenvalue weighted by Gasteiger charge is 2.26. The summed E-state index contributed by atoms with van der Waals surface area (Å²) in [6, 6.07) is 0. The maximum atomic E-state index is 11.5. The van der Waals surface area contributed by atoms with Crippen LogP contribution in [0.4, 0.5) is 0 Å². The van der Waals surface area contributed by atoms with Crippen LogP contribution in [0, 0.1) is 5.92 Å². The van der Waals surface area contributed by atoms with E-state index in [2.05, 4.69) is 6.58 Å². The zero-order valence-electron chi connectivity index (χ0n) is 10.2. The van der Waals surface area contributed by atoms with Crippen LogP contribution in [0.3, 0.4) is 0 Å². The lowest BCUT2D eigenvalue weighted by Crippen LogP contribution is -2.34. The highest BCUT2D eigenvalue weighted by molar-refractivity contribution is 5.94. The summed E-state index contributed by atoms with van der Waals surface area (Å²) in [4.78, 5) is 22.3. The van der Waals surface area contributed by atoms with E-state index in [0.29, 0.717) is 12.3 Å². The maximum Gasteiger partial charge on any atom is 0.305 e. The van der Waals surface area contributed by atoms with Crippen molar-refractivity contribution in [2.75, 3.05) is 0 Å². The van der Waals surface area contributed by atoms with Crippen molar-refractivity contribution in [2.45, 2.75) is 39.1 Å². The van der Waals surface area contributed by atoms with E-state index in [1.807, 2.05) is 13.0 Å². The fourth-order valence-electron chi connectivity index (χ4n) is 1.53. The minimum Gasteiger partial charge on any atom is -0.432 e. The molecule has 0 fully saturated rings. The molecule has 0 bridgehead atoms. The molecule has 0 aromatic heterocycles. The average molecular weight is 238 g/mol. The molecule has 1 heterocycles. The summed E-state index contributed by atoms with van der Waals surface area (Å²) in [5.41, 5.74) is 0. The second kappa shape index (κ2) is 6.35. The van der Waals surface area contributed by atoms with Gasteiger partial charge in [-0.25, -0.2) is 0 Å². The van der Waals surface area contributed by atoms with E-state index >= 15 is 0 Å². The van der Waals surface area contributed by atoms with Crippen LogP contribution in [-0.2, 0) is 19.1 Å². The maximum absolute atomic E-state index is 11.5.